The number of likely N-dealkylation sites (tertiary alicyclic amines) is 1. The molecule has 94 valence electrons. The number of hydrogen-bond acceptors (Lipinski definition) is 4. The van der Waals surface area contributed by atoms with Crippen LogP contribution in [0.15, 0.2) is 0 Å². The van der Waals surface area contributed by atoms with Crippen LogP contribution in [0.4, 0.5) is 0 Å². The minimum absolute atomic E-state index is 0.126. The lowest BCUT2D eigenvalue weighted by Crippen LogP contribution is -2.63. The third-order valence-corrected chi connectivity index (χ3v) is 4.15. The maximum atomic E-state index is 11.5. The Morgan fingerprint density at radius 1 is 1.44 bits per heavy atom. The molecule has 16 heavy (non-hydrogen) atoms. The highest BCUT2D eigenvalue weighted by molar-refractivity contribution is 7.87. The van der Waals surface area contributed by atoms with E-state index >= 15 is 0 Å². The summed E-state index contributed by atoms with van der Waals surface area (Å²) in [5.74, 6) is -0.126. The monoisotopic (exact) mass is 249 g/mol. The molecule has 0 aromatic carbocycles. The molecule has 0 saturated carbocycles. The highest BCUT2D eigenvalue weighted by Gasteiger charge is 2.39. The topological polar surface area (TPSA) is 111 Å². The molecule has 1 aliphatic heterocycles. The molecule has 0 radical (unpaired) electrons. The Hall–Kier alpha value is -0.700. The Kier molecular flexibility index (Phi) is 3.89. The zero-order valence-electron chi connectivity index (χ0n) is 9.58. The summed E-state index contributed by atoms with van der Waals surface area (Å²) < 4.78 is 27.6. The van der Waals surface area contributed by atoms with Gasteiger partial charge in [-0.15, -0.1) is 0 Å². The molecule has 8 heteroatoms. The van der Waals surface area contributed by atoms with Crippen molar-refractivity contribution in [3.8, 4) is 0 Å². The van der Waals surface area contributed by atoms with Crippen molar-refractivity contribution in [3.05, 3.63) is 0 Å². The highest BCUT2D eigenvalue weighted by Crippen LogP contribution is 2.22. The molecule has 1 heterocycles. The first-order chi connectivity index (χ1) is 7.31. The molecule has 0 amide bonds. The molecule has 0 atom stereocenters. The molecule has 1 fully saturated rings. The number of rotatable bonds is 4. The van der Waals surface area contributed by atoms with Crippen LogP contribution < -0.4 is 15.2 Å². The van der Waals surface area contributed by atoms with Gasteiger partial charge in [0, 0.05) is 20.1 Å². The molecule has 1 rings (SSSR count). The minimum Gasteiger partial charge on any atom is -0.386 e. The van der Waals surface area contributed by atoms with Gasteiger partial charge in [0.25, 0.3) is 10.2 Å². The number of amidine groups is 1. The second-order valence-corrected chi connectivity index (χ2v) is 5.73. The molecule has 0 aromatic rings. The van der Waals surface area contributed by atoms with Gasteiger partial charge >= 0.3 is 0 Å². The second-order valence-electron chi connectivity index (χ2n) is 4.11. The van der Waals surface area contributed by atoms with Crippen LogP contribution in [0.1, 0.15) is 12.8 Å². The summed E-state index contributed by atoms with van der Waals surface area (Å²) in [6.45, 7) is 1.43. The second kappa shape index (κ2) is 4.66. The summed E-state index contributed by atoms with van der Waals surface area (Å²) in [5.41, 5.74) is 4.58. The van der Waals surface area contributed by atoms with Gasteiger partial charge in [-0.05, 0) is 19.9 Å². The Morgan fingerprint density at radius 2 is 1.94 bits per heavy atom. The summed E-state index contributed by atoms with van der Waals surface area (Å²) in [6.07, 6.45) is 1.03. The summed E-state index contributed by atoms with van der Waals surface area (Å²) in [7, 11) is -0.300. The van der Waals surface area contributed by atoms with Crippen LogP contribution >= 0.6 is 0 Å². The maximum absolute atomic E-state index is 11.5. The van der Waals surface area contributed by atoms with E-state index in [0.29, 0.717) is 25.9 Å². The fourth-order valence-electron chi connectivity index (χ4n) is 1.73. The molecular formula is C8H19N5O2S. The third-order valence-electron chi connectivity index (χ3n) is 2.95. The van der Waals surface area contributed by atoms with Gasteiger partial charge < -0.3 is 10.6 Å². The van der Waals surface area contributed by atoms with Gasteiger partial charge in [0.1, 0.15) is 5.84 Å². The van der Waals surface area contributed by atoms with E-state index in [1.165, 1.54) is 7.05 Å². The van der Waals surface area contributed by atoms with E-state index in [4.69, 9.17) is 11.1 Å². The van der Waals surface area contributed by atoms with E-state index < -0.39 is 15.7 Å². The van der Waals surface area contributed by atoms with Crippen molar-refractivity contribution < 1.29 is 8.42 Å². The van der Waals surface area contributed by atoms with Gasteiger partial charge in [0.2, 0.25) is 0 Å². The Labute approximate surface area is 96.1 Å². The van der Waals surface area contributed by atoms with Crippen molar-refractivity contribution in [2.24, 2.45) is 5.73 Å². The molecule has 1 saturated heterocycles. The number of nitrogens with zero attached hydrogens (tertiary/aromatic N) is 1. The van der Waals surface area contributed by atoms with E-state index in [0.717, 1.165) is 0 Å². The average Bonchev–Trinajstić information content (AvgIpc) is 2.21. The van der Waals surface area contributed by atoms with Gasteiger partial charge in [-0.1, -0.05) is 0 Å². The molecule has 7 nitrogen and oxygen atoms in total. The van der Waals surface area contributed by atoms with Gasteiger partial charge in [-0.3, -0.25) is 5.41 Å². The smallest absolute Gasteiger partial charge is 0.277 e. The molecule has 5 N–H and O–H groups in total. The number of hydrogen-bond donors (Lipinski definition) is 4. The SMILES string of the molecule is CNS(=O)(=O)NC1(C(=N)N)CCN(C)CC1. The van der Waals surface area contributed by atoms with Crippen molar-refractivity contribution in [3.63, 3.8) is 0 Å². The van der Waals surface area contributed by atoms with Crippen LogP contribution in [0.25, 0.3) is 0 Å². The van der Waals surface area contributed by atoms with Crippen molar-refractivity contribution >= 4 is 16.0 Å². The quantitative estimate of drug-likeness (QED) is 0.356. The standard InChI is InChI=1S/C8H19N5O2S/c1-11-16(14,15)12-8(7(9)10)3-5-13(2)6-4-8/h11-12H,3-6H2,1-2H3,(H3,9,10). The fraction of sp³-hybridized carbons (Fsp3) is 0.875. The first-order valence-corrected chi connectivity index (χ1v) is 6.55. The molecule has 0 aromatic heterocycles. The van der Waals surface area contributed by atoms with E-state index in [2.05, 4.69) is 14.3 Å². The number of nitrogens with one attached hydrogen (secondary N) is 3. The largest absolute Gasteiger partial charge is 0.386 e. The Balaban J connectivity index is 2.87. The molecule has 0 spiro atoms. The van der Waals surface area contributed by atoms with Crippen molar-refractivity contribution in [2.45, 2.75) is 18.4 Å². The van der Waals surface area contributed by atoms with E-state index in [9.17, 15) is 8.42 Å². The lowest BCUT2D eigenvalue weighted by molar-refractivity contribution is 0.218. The summed E-state index contributed by atoms with van der Waals surface area (Å²) in [6, 6.07) is 0. The summed E-state index contributed by atoms with van der Waals surface area (Å²) in [5, 5.41) is 7.56. The zero-order chi connectivity index (χ0) is 12.4. The molecular weight excluding hydrogens is 230 g/mol. The van der Waals surface area contributed by atoms with Gasteiger partial charge in [-0.25, -0.2) is 4.72 Å². The average molecular weight is 249 g/mol. The third kappa shape index (κ3) is 2.91. The Morgan fingerprint density at radius 3 is 2.31 bits per heavy atom. The molecule has 0 unspecified atom stereocenters. The van der Waals surface area contributed by atoms with Crippen molar-refractivity contribution in [1.29, 1.82) is 5.41 Å². The van der Waals surface area contributed by atoms with Crippen LogP contribution in [0, 0.1) is 5.41 Å². The van der Waals surface area contributed by atoms with E-state index in [1.54, 1.807) is 0 Å². The van der Waals surface area contributed by atoms with Crippen LogP contribution in [0.2, 0.25) is 0 Å². The first-order valence-electron chi connectivity index (χ1n) is 5.07. The predicted molar refractivity (Wildman–Crippen MR) is 62.5 cm³/mol. The summed E-state index contributed by atoms with van der Waals surface area (Å²) >= 11 is 0. The van der Waals surface area contributed by atoms with Gasteiger partial charge in [0.05, 0.1) is 5.54 Å². The number of piperidine rings is 1. The van der Waals surface area contributed by atoms with Crippen molar-refractivity contribution in [2.75, 3.05) is 27.2 Å². The lowest BCUT2D eigenvalue weighted by atomic mass is 9.88. The first kappa shape index (κ1) is 13.4. The predicted octanol–water partition coefficient (Wildman–Crippen LogP) is -1.56. The van der Waals surface area contributed by atoms with Crippen LogP contribution in [-0.2, 0) is 10.2 Å². The summed E-state index contributed by atoms with van der Waals surface area (Å²) in [4.78, 5) is 2.08. The normalized spacial score (nSPS) is 21.9. The molecule has 0 bridgehead atoms. The van der Waals surface area contributed by atoms with Crippen molar-refractivity contribution in [1.82, 2.24) is 14.3 Å². The minimum atomic E-state index is -3.58. The highest BCUT2D eigenvalue weighted by atomic mass is 32.2. The number of nitrogens with two attached hydrogens (primary N) is 1. The van der Waals surface area contributed by atoms with Crippen LogP contribution in [-0.4, -0.2) is 51.9 Å². The van der Waals surface area contributed by atoms with Gasteiger partial charge in [0.15, 0.2) is 0 Å². The molecule has 0 aliphatic carbocycles. The molecule has 1 aliphatic rings. The van der Waals surface area contributed by atoms with E-state index in [-0.39, 0.29) is 5.84 Å². The van der Waals surface area contributed by atoms with Crippen LogP contribution in [0.5, 0.6) is 0 Å². The Bertz CT molecular complexity index is 359. The van der Waals surface area contributed by atoms with E-state index in [1.807, 2.05) is 7.05 Å². The fourth-order valence-corrected chi connectivity index (χ4v) is 2.67. The van der Waals surface area contributed by atoms with Gasteiger partial charge in [-0.2, -0.15) is 13.1 Å². The lowest BCUT2D eigenvalue weighted by Gasteiger charge is -2.39. The van der Waals surface area contributed by atoms with Crippen LogP contribution in [0.3, 0.4) is 0 Å². The zero-order valence-corrected chi connectivity index (χ0v) is 10.4. The maximum Gasteiger partial charge on any atom is 0.277 e.